The third-order valence-corrected chi connectivity index (χ3v) is 4.71. The first-order valence-electron chi connectivity index (χ1n) is 8.53. The molecule has 0 aliphatic carbocycles. The molecule has 5 nitrogen and oxygen atoms in total. The molecule has 1 fully saturated rings. The molecular formula is C20H20N4O. The number of amides is 1. The second kappa shape index (κ2) is 6.51. The Labute approximate surface area is 146 Å². The van der Waals surface area contributed by atoms with Gasteiger partial charge in [-0.15, -0.1) is 0 Å². The van der Waals surface area contributed by atoms with Crippen molar-refractivity contribution in [3.8, 4) is 0 Å². The van der Waals surface area contributed by atoms with Gasteiger partial charge in [-0.05, 0) is 36.8 Å². The van der Waals surface area contributed by atoms with E-state index >= 15 is 0 Å². The highest BCUT2D eigenvalue weighted by Gasteiger charge is 2.23. The lowest BCUT2D eigenvalue weighted by Crippen LogP contribution is -2.49. The molecule has 3 heterocycles. The number of benzene rings is 1. The smallest absolute Gasteiger partial charge is 0.255 e. The van der Waals surface area contributed by atoms with Crippen LogP contribution in [0.5, 0.6) is 0 Å². The molecule has 126 valence electrons. The van der Waals surface area contributed by atoms with E-state index in [1.165, 1.54) is 10.9 Å². The lowest BCUT2D eigenvalue weighted by Gasteiger charge is -2.35. The normalized spacial score (nSPS) is 14.8. The summed E-state index contributed by atoms with van der Waals surface area (Å²) in [6, 6.07) is 14.0. The molecular weight excluding hydrogens is 312 g/mol. The molecule has 3 aromatic rings. The molecule has 0 N–H and O–H groups in total. The number of aryl methyl sites for hydroxylation is 1. The van der Waals surface area contributed by atoms with Crippen molar-refractivity contribution >= 4 is 22.6 Å². The van der Waals surface area contributed by atoms with Gasteiger partial charge in [0.1, 0.15) is 5.82 Å². The number of fused-ring (bicyclic) bond motifs is 1. The summed E-state index contributed by atoms with van der Waals surface area (Å²) in [5.41, 5.74) is 2.90. The number of nitrogens with zero attached hydrogens (tertiary/aromatic N) is 4. The van der Waals surface area contributed by atoms with Gasteiger partial charge >= 0.3 is 0 Å². The Morgan fingerprint density at radius 3 is 2.60 bits per heavy atom. The second-order valence-corrected chi connectivity index (χ2v) is 6.34. The van der Waals surface area contributed by atoms with Crippen molar-refractivity contribution in [1.29, 1.82) is 0 Å². The van der Waals surface area contributed by atoms with Gasteiger partial charge in [0.05, 0.1) is 11.1 Å². The van der Waals surface area contributed by atoms with Gasteiger partial charge in [-0.2, -0.15) is 0 Å². The van der Waals surface area contributed by atoms with Crippen molar-refractivity contribution in [3.63, 3.8) is 0 Å². The molecule has 5 heteroatoms. The van der Waals surface area contributed by atoms with E-state index in [9.17, 15) is 4.79 Å². The van der Waals surface area contributed by atoms with Crippen LogP contribution in [0.15, 0.2) is 54.9 Å². The Kier molecular flexibility index (Phi) is 4.06. The number of hydrogen-bond donors (Lipinski definition) is 0. The summed E-state index contributed by atoms with van der Waals surface area (Å²) < 4.78 is 0. The molecule has 0 spiro atoms. The van der Waals surface area contributed by atoms with Crippen molar-refractivity contribution in [1.82, 2.24) is 14.9 Å². The number of para-hydroxylation sites is 1. The van der Waals surface area contributed by atoms with Crippen LogP contribution in [-0.4, -0.2) is 47.0 Å². The Morgan fingerprint density at radius 2 is 1.84 bits per heavy atom. The van der Waals surface area contributed by atoms with Crippen LogP contribution < -0.4 is 4.90 Å². The van der Waals surface area contributed by atoms with Gasteiger partial charge in [-0.3, -0.25) is 9.78 Å². The van der Waals surface area contributed by atoms with E-state index < -0.39 is 0 Å². The van der Waals surface area contributed by atoms with Crippen LogP contribution in [0.25, 0.3) is 10.9 Å². The van der Waals surface area contributed by atoms with Gasteiger partial charge in [0.15, 0.2) is 0 Å². The Morgan fingerprint density at radius 1 is 1.04 bits per heavy atom. The van der Waals surface area contributed by atoms with Crippen LogP contribution in [0.2, 0.25) is 0 Å². The Bertz CT molecular complexity index is 902. The Balaban J connectivity index is 1.50. The quantitative estimate of drug-likeness (QED) is 0.724. The predicted molar refractivity (Wildman–Crippen MR) is 98.8 cm³/mol. The minimum atomic E-state index is 0.0513. The van der Waals surface area contributed by atoms with Crippen molar-refractivity contribution in [3.05, 3.63) is 66.0 Å². The van der Waals surface area contributed by atoms with Crippen LogP contribution in [0.1, 0.15) is 15.9 Å². The molecule has 2 aromatic heterocycles. The van der Waals surface area contributed by atoms with E-state index in [-0.39, 0.29) is 5.91 Å². The molecule has 1 aliphatic heterocycles. The average Bonchev–Trinajstić information content (AvgIpc) is 2.68. The topological polar surface area (TPSA) is 49.3 Å². The van der Waals surface area contributed by atoms with E-state index in [0.29, 0.717) is 18.7 Å². The van der Waals surface area contributed by atoms with Crippen molar-refractivity contribution in [2.45, 2.75) is 6.92 Å². The molecule has 0 unspecified atom stereocenters. The molecule has 1 saturated heterocycles. The van der Waals surface area contributed by atoms with E-state index in [1.54, 1.807) is 18.5 Å². The summed E-state index contributed by atoms with van der Waals surface area (Å²) >= 11 is 0. The SMILES string of the molecule is Cc1cc(N2CCN(C(=O)c3cccnc3)CC2)nc2ccccc12. The number of piperazine rings is 1. The maximum absolute atomic E-state index is 12.5. The van der Waals surface area contributed by atoms with Gasteiger partial charge in [0.2, 0.25) is 0 Å². The van der Waals surface area contributed by atoms with Crippen molar-refractivity contribution < 1.29 is 4.79 Å². The van der Waals surface area contributed by atoms with Crippen LogP contribution in [0, 0.1) is 6.92 Å². The van der Waals surface area contributed by atoms with Crippen LogP contribution in [0.4, 0.5) is 5.82 Å². The third kappa shape index (κ3) is 3.05. The Hall–Kier alpha value is -2.95. The number of carbonyl (C=O) groups excluding carboxylic acids is 1. The number of anilines is 1. The van der Waals surface area contributed by atoms with Crippen LogP contribution >= 0.6 is 0 Å². The van der Waals surface area contributed by atoms with Crippen molar-refractivity contribution in [2.75, 3.05) is 31.1 Å². The zero-order valence-corrected chi connectivity index (χ0v) is 14.2. The maximum atomic E-state index is 12.5. The molecule has 0 saturated carbocycles. The zero-order valence-electron chi connectivity index (χ0n) is 14.2. The highest BCUT2D eigenvalue weighted by atomic mass is 16.2. The summed E-state index contributed by atoms with van der Waals surface area (Å²) in [5.74, 6) is 1.04. The monoisotopic (exact) mass is 332 g/mol. The van der Waals surface area contributed by atoms with Gasteiger partial charge in [-0.1, -0.05) is 18.2 Å². The summed E-state index contributed by atoms with van der Waals surface area (Å²) in [7, 11) is 0. The minimum Gasteiger partial charge on any atom is -0.353 e. The van der Waals surface area contributed by atoms with E-state index in [2.05, 4.69) is 28.9 Å². The van der Waals surface area contributed by atoms with E-state index in [1.807, 2.05) is 29.2 Å². The molecule has 1 amide bonds. The highest BCUT2D eigenvalue weighted by Crippen LogP contribution is 2.23. The number of carbonyl (C=O) groups is 1. The number of aromatic nitrogens is 2. The largest absolute Gasteiger partial charge is 0.353 e. The fraction of sp³-hybridized carbons (Fsp3) is 0.250. The molecule has 0 atom stereocenters. The molecule has 1 aromatic carbocycles. The molecule has 1 aliphatic rings. The third-order valence-electron chi connectivity index (χ3n) is 4.71. The van der Waals surface area contributed by atoms with Crippen LogP contribution in [-0.2, 0) is 0 Å². The second-order valence-electron chi connectivity index (χ2n) is 6.34. The molecule has 25 heavy (non-hydrogen) atoms. The summed E-state index contributed by atoms with van der Waals surface area (Å²) in [6.07, 6.45) is 3.31. The first-order chi connectivity index (χ1) is 12.2. The fourth-order valence-corrected chi connectivity index (χ4v) is 3.30. The number of hydrogen-bond acceptors (Lipinski definition) is 4. The standard InChI is InChI=1S/C20H20N4O/c1-15-13-19(22-18-7-3-2-6-17(15)18)23-9-11-24(12-10-23)20(25)16-5-4-8-21-14-16/h2-8,13-14H,9-12H2,1H3. The van der Waals surface area contributed by atoms with Crippen LogP contribution in [0.3, 0.4) is 0 Å². The predicted octanol–water partition coefficient (Wildman–Crippen LogP) is 2.90. The first kappa shape index (κ1) is 15.6. The van der Waals surface area contributed by atoms with E-state index in [0.717, 1.165) is 24.4 Å². The summed E-state index contributed by atoms with van der Waals surface area (Å²) in [4.78, 5) is 25.5. The fourth-order valence-electron chi connectivity index (χ4n) is 3.30. The maximum Gasteiger partial charge on any atom is 0.255 e. The van der Waals surface area contributed by atoms with Gasteiger partial charge in [0.25, 0.3) is 5.91 Å². The zero-order chi connectivity index (χ0) is 17.2. The lowest BCUT2D eigenvalue weighted by molar-refractivity contribution is 0.0746. The van der Waals surface area contributed by atoms with Gasteiger partial charge in [-0.25, -0.2) is 4.98 Å². The van der Waals surface area contributed by atoms with E-state index in [4.69, 9.17) is 4.98 Å². The molecule has 0 radical (unpaired) electrons. The van der Waals surface area contributed by atoms with Gasteiger partial charge < -0.3 is 9.80 Å². The minimum absolute atomic E-state index is 0.0513. The summed E-state index contributed by atoms with van der Waals surface area (Å²) in [5, 5.41) is 1.19. The highest BCUT2D eigenvalue weighted by molar-refractivity contribution is 5.94. The van der Waals surface area contributed by atoms with Gasteiger partial charge in [0, 0.05) is 44.0 Å². The first-order valence-corrected chi connectivity index (χ1v) is 8.53. The number of rotatable bonds is 2. The lowest BCUT2D eigenvalue weighted by atomic mass is 10.1. The summed E-state index contributed by atoms with van der Waals surface area (Å²) in [6.45, 7) is 5.09. The molecule has 0 bridgehead atoms. The average molecular weight is 332 g/mol. The molecule has 4 rings (SSSR count). The van der Waals surface area contributed by atoms with Crippen molar-refractivity contribution in [2.24, 2.45) is 0 Å². The number of pyridine rings is 2.